The summed E-state index contributed by atoms with van der Waals surface area (Å²) in [5.74, 6) is 0.690. The summed E-state index contributed by atoms with van der Waals surface area (Å²) in [6.45, 7) is 6.87. The van der Waals surface area contributed by atoms with Crippen LogP contribution >= 0.6 is 24.0 Å². The van der Waals surface area contributed by atoms with E-state index in [9.17, 15) is 9.90 Å². The molecule has 2 atom stereocenters. The molecule has 6 heteroatoms. The number of thioether (sulfide) groups is 1. The smallest absolute Gasteiger partial charge is 0.231 e. The van der Waals surface area contributed by atoms with Crippen LogP contribution in [0.4, 0.5) is 0 Å². The molecule has 1 saturated heterocycles. The van der Waals surface area contributed by atoms with E-state index < -0.39 is 6.10 Å². The molecule has 1 aliphatic heterocycles. The lowest BCUT2D eigenvalue weighted by molar-refractivity contribution is -0.132. The Morgan fingerprint density at radius 3 is 2.71 bits per heavy atom. The Morgan fingerprint density at radius 1 is 1.42 bits per heavy atom. The summed E-state index contributed by atoms with van der Waals surface area (Å²) < 4.78 is 6.12. The molecule has 1 N–H and O–H groups in total. The minimum Gasteiger partial charge on any atom is -0.390 e. The number of nitrogens with zero attached hydrogens (tertiary/aromatic N) is 1. The number of amides is 1. The third-order valence-corrected chi connectivity index (χ3v) is 5.45. The fourth-order valence-corrected chi connectivity index (χ4v) is 4.33. The Kier molecular flexibility index (Phi) is 6.80. The summed E-state index contributed by atoms with van der Waals surface area (Å²) in [7, 11) is 0. The van der Waals surface area contributed by atoms with Crippen molar-refractivity contribution in [3.05, 3.63) is 35.9 Å². The number of carbonyl (C=O) groups excluding carboxylic acids is 1. The first-order chi connectivity index (χ1) is 11.3. The Morgan fingerprint density at radius 2 is 2.08 bits per heavy atom. The van der Waals surface area contributed by atoms with Gasteiger partial charge in [-0.2, -0.15) is 0 Å². The molecule has 1 aliphatic rings. The second kappa shape index (κ2) is 8.43. The predicted octanol–water partition coefficient (Wildman–Crippen LogP) is 3.23. The molecule has 1 aromatic carbocycles. The molecule has 0 spiro atoms. The molecule has 1 amide bonds. The number of thiocarbonyl (C=S) groups is 1. The summed E-state index contributed by atoms with van der Waals surface area (Å²) in [6, 6.07) is 9.82. The number of benzene rings is 1. The van der Waals surface area contributed by atoms with Crippen molar-refractivity contribution < 1.29 is 14.6 Å². The standard InChI is InChI=1S/C18H25NO3S2/c1-18(2,3)15-12-24-17(23)19(15)16(21)9-14(20)11-22-10-13-7-5-4-6-8-13/h4-8,14-15,20H,9-12H2,1-3H3/t14-,15+/m0/s1. The summed E-state index contributed by atoms with van der Waals surface area (Å²) in [6.07, 6.45) is -0.794. The third-order valence-electron chi connectivity index (χ3n) is 3.97. The van der Waals surface area contributed by atoms with Crippen molar-refractivity contribution in [2.24, 2.45) is 5.41 Å². The van der Waals surface area contributed by atoms with Crippen LogP contribution in [0, 0.1) is 5.41 Å². The van der Waals surface area contributed by atoms with Crippen LogP contribution in [0.15, 0.2) is 30.3 Å². The van der Waals surface area contributed by atoms with Crippen molar-refractivity contribution in [1.82, 2.24) is 4.90 Å². The zero-order chi connectivity index (χ0) is 17.7. The summed E-state index contributed by atoms with van der Waals surface area (Å²) in [4.78, 5) is 14.2. The molecule has 0 aliphatic carbocycles. The van der Waals surface area contributed by atoms with Crippen LogP contribution in [0.5, 0.6) is 0 Å². The van der Waals surface area contributed by atoms with Crippen molar-refractivity contribution in [2.45, 2.75) is 45.9 Å². The molecule has 4 nitrogen and oxygen atoms in total. The molecule has 0 aromatic heterocycles. The molecule has 132 valence electrons. The zero-order valence-electron chi connectivity index (χ0n) is 14.4. The summed E-state index contributed by atoms with van der Waals surface area (Å²) >= 11 is 6.86. The van der Waals surface area contributed by atoms with Crippen LogP contribution < -0.4 is 0 Å². The topological polar surface area (TPSA) is 49.8 Å². The van der Waals surface area contributed by atoms with Gasteiger partial charge in [0.1, 0.15) is 4.32 Å². The maximum atomic E-state index is 12.6. The normalized spacial score (nSPS) is 19.6. The monoisotopic (exact) mass is 367 g/mol. The maximum absolute atomic E-state index is 12.6. The molecule has 0 radical (unpaired) electrons. The minimum absolute atomic E-state index is 0.0298. The first-order valence-electron chi connectivity index (χ1n) is 8.07. The third kappa shape index (κ3) is 5.28. The highest BCUT2D eigenvalue weighted by Gasteiger charge is 2.40. The molecular weight excluding hydrogens is 342 g/mol. The first kappa shape index (κ1) is 19.4. The second-order valence-corrected chi connectivity index (χ2v) is 8.73. The van der Waals surface area contributed by atoms with Crippen molar-refractivity contribution >= 4 is 34.2 Å². The molecule has 0 unspecified atom stereocenters. The van der Waals surface area contributed by atoms with Gasteiger partial charge in [-0.05, 0) is 11.0 Å². The fourth-order valence-electron chi connectivity index (χ4n) is 2.58. The summed E-state index contributed by atoms with van der Waals surface area (Å²) in [5, 5.41) is 10.1. The van der Waals surface area contributed by atoms with E-state index in [4.69, 9.17) is 17.0 Å². The van der Waals surface area contributed by atoms with Gasteiger partial charge in [0.25, 0.3) is 0 Å². The van der Waals surface area contributed by atoms with Crippen molar-refractivity contribution in [3.8, 4) is 0 Å². The Hall–Kier alpha value is -0.950. The number of ether oxygens (including phenoxy) is 1. The van der Waals surface area contributed by atoms with E-state index in [2.05, 4.69) is 20.8 Å². The Bertz CT molecular complexity index is 571. The van der Waals surface area contributed by atoms with Crippen LogP contribution in [0.1, 0.15) is 32.8 Å². The molecule has 0 bridgehead atoms. The van der Waals surface area contributed by atoms with Crippen LogP contribution in [-0.2, 0) is 16.1 Å². The zero-order valence-corrected chi connectivity index (χ0v) is 16.0. The van der Waals surface area contributed by atoms with E-state index in [0.717, 1.165) is 11.3 Å². The molecule has 2 rings (SSSR count). The van der Waals surface area contributed by atoms with E-state index in [-0.39, 0.29) is 30.4 Å². The molecule has 1 heterocycles. The quantitative estimate of drug-likeness (QED) is 0.783. The van der Waals surface area contributed by atoms with Crippen LogP contribution in [0.2, 0.25) is 0 Å². The van der Waals surface area contributed by atoms with E-state index in [1.807, 2.05) is 30.3 Å². The fraction of sp³-hybridized carbons (Fsp3) is 0.556. The van der Waals surface area contributed by atoms with Gasteiger partial charge in [0.05, 0.1) is 31.8 Å². The average molecular weight is 368 g/mol. The number of aliphatic hydroxyl groups is 1. The van der Waals surface area contributed by atoms with Gasteiger partial charge in [-0.25, -0.2) is 0 Å². The molecule has 0 saturated carbocycles. The predicted molar refractivity (Wildman–Crippen MR) is 102 cm³/mol. The van der Waals surface area contributed by atoms with Crippen molar-refractivity contribution in [2.75, 3.05) is 12.4 Å². The number of rotatable bonds is 6. The first-order valence-corrected chi connectivity index (χ1v) is 9.47. The molecular formula is C18H25NO3S2. The lowest BCUT2D eigenvalue weighted by Gasteiger charge is -2.34. The number of carbonyl (C=O) groups is 1. The molecule has 24 heavy (non-hydrogen) atoms. The number of hydrogen-bond donors (Lipinski definition) is 1. The molecule has 1 fully saturated rings. The van der Waals surface area contributed by atoms with Crippen LogP contribution in [0.3, 0.4) is 0 Å². The van der Waals surface area contributed by atoms with Gasteiger partial charge in [-0.3, -0.25) is 9.69 Å². The van der Waals surface area contributed by atoms with Crippen molar-refractivity contribution in [3.63, 3.8) is 0 Å². The Balaban J connectivity index is 1.83. The lowest BCUT2D eigenvalue weighted by Crippen LogP contribution is -2.46. The van der Waals surface area contributed by atoms with Crippen molar-refractivity contribution in [1.29, 1.82) is 0 Å². The highest BCUT2D eigenvalue weighted by atomic mass is 32.2. The van der Waals surface area contributed by atoms with Gasteiger partial charge < -0.3 is 9.84 Å². The largest absolute Gasteiger partial charge is 0.390 e. The maximum Gasteiger partial charge on any atom is 0.231 e. The highest BCUT2D eigenvalue weighted by Crippen LogP contribution is 2.35. The number of hydrogen-bond acceptors (Lipinski definition) is 5. The van der Waals surface area contributed by atoms with Gasteiger partial charge in [0.2, 0.25) is 5.91 Å². The van der Waals surface area contributed by atoms with E-state index in [1.54, 1.807) is 4.90 Å². The highest BCUT2D eigenvalue weighted by molar-refractivity contribution is 8.23. The number of aliphatic hydroxyl groups excluding tert-OH is 1. The average Bonchev–Trinajstić information content (AvgIpc) is 2.90. The van der Waals surface area contributed by atoms with E-state index in [0.29, 0.717) is 10.9 Å². The van der Waals surface area contributed by atoms with Gasteiger partial charge in [-0.1, -0.05) is 75.1 Å². The van der Waals surface area contributed by atoms with E-state index >= 15 is 0 Å². The van der Waals surface area contributed by atoms with Crippen LogP contribution in [-0.4, -0.2) is 44.7 Å². The Labute approximate surface area is 153 Å². The molecule has 1 aromatic rings. The second-order valence-electron chi connectivity index (χ2n) is 7.08. The summed E-state index contributed by atoms with van der Waals surface area (Å²) in [5.41, 5.74) is 0.999. The van der Waals surface area contributed by atoms with E-state index in [1.165, 1.54) is 11.8 Å². The van der Waals surface area contributed by atoms with Gasteiger partial charge in [0.15, 0.2) is 0 Å². The lowest BCUT2D eigenvalue weighted by atomic mass is 9.87. The van der Waals surface area contributed by atoms with Gasteiger partial charge in [-0.15, -0.1) is 0 Å². The van der Waals surface area contributed by atoms with Gasteiger partial charge >= 0.3 is 0 Å². The minimum atomic E-state index is -0.824. The SMILES string of the molecule is CC(C)(C)[C@H]1CSC(=S)N1C(=O)C[C@H](O)COCc1ccccc1. The van der Waals surface area contributed by atoms with Gasteiger partial charge in [0, 0.05) is 5.75 Å². The van der Waals surface area contributed by atoms with Crippen LogP contribution in [0.25, 0.3) is 0 Å².